The lowest BCUT2D eigenvalue weighted by Gasteiger charge is -2.31. The highest BCUT2D eigenvalue weighted by atomic mass is 16.5. The van der Waals surface area contributed by atoms with E-state index in [2.05, 4.69) is 10.6 Å². The summed E-state index contributed by atoms with van der Waals surface area (Å²) in [6.45, 7) is 1.91. The Bertz CT molecular complexity index is 333. The maximum absolute atomic E-state index is 12.2. The maximum Gasteiger partial charge on any atom is 0.315 e. The number of nitrogens with one attached hydrogen (secondary N) is 2. The third-order valence-electron chi connectivity index (χ3n) is 4.78. The van der Waals surface area contributed by atoms with Gasteiger partial charge in [0.25, 0.3) is 0 Å². The summed E-state index contributed by atoms with van der Waals surface area (Å²) in [4.78, 5) is 12.2. The number of rotatable bonds is 5. The molecule has 2 aliphatic carbocycles. The van der Waals surface area contributed by atoms with Gasteiger partial charge < -0.3 is 20.5 Å². The molecule has 0 aliphatic heterocycles. The first kappa shape index (κ1) is 15.6. The molecule has 2 rings (SSSR count). The first-order chi connectivity index (χ1) is 9.59. The SMILES string of the molecule is CO[C@@H]1CCCCC[C@H]1NC(=O)N[C@@](C)(CO)C1CC1. The van der Waals surface area contributed by atoms with Crippen LogP contribution in [0.3, 0.4) is 0 Å². The molecule has 0 aromatic rings. The summed E-state index contributed by atoms with van der Waals surface area (Å²) in [5.74, 6) is 0.408. The minimum atomic E-state index is -0.489. The molecule has 3 N–H and O–H groups in total. The Hall–Kier alpha value is -0.810. The molecule has 0 aromatic heterocycles. The third kappa shape index (κ3) is 3.85. The van der Waals surface area contributed by atoms with Crippen LogP contribution in [-0.4, -0.2) is 42.5 Å². The Kier molecular flexibility index (Phi) is 5.27. The quantitative estimate of drug-likeness (QED) is 0.674. The fourth-order valence-corrected chi connectivity index (χ4v) is 3.18. The van der Waals surface area contributed by atoms with Crippen molar-refractivity contribution < 1.29 is 14.6 Å². The van der Waals surface area contributed by atoms with E-state index < -0.39 is 5.54 Å². The van der Waals surface area contributed by atoms with Gasteiger partial charge in [-0.1, -0.05) is 19.3 Å². The monoisotopic (exact) mass is 284 g/mol. The molecule has 3 atom stereocenters. The summed E-state index contributed by atoms with van der Waals surface area (Å²) < 4.78 is 5.51. The minimum Gasteiger partial charge on any atom is -0.394 e. The Morgan fingerprint density at radius 2 is 1.95 bits per heavy atom. The summed E-state index contributed by atoms with van der Waals surface area (Å²) in [5.41, 5.74) is -0.489. The molecule has 0 radical (unpaired) electrons. The van der Waals surface area contributed by atoms with Crippen molar-refractivity contribution in [2.75, 3.05) is 13.7 Å². The van der Waals surface area contributed by atoms with Gasteiger partial charge in [0.15, 0.2) is 0 Å². The Morgan fingerprint density at radius 3 is 2.55 bits per heavy atom. The molecular formula is C15H28N2O3. The van der Waals surface area contributed by atoms with E-state index in [1.54, 1.807) is 7.11 Å². The second-order valence-electron chi connectivity index (χ2n) is 6.47. The molecule has 2 aliphatic rings. The summed E-state index contributed by atoms with van der Waals surface area (Å²) >= 11 is 0. The fraction of sp³-hybridized carbons (Fsp3) is 0.933. The number of aliphatic hydroxyl groups excluding tert-OH is 1. The zero-order valence-electron chi connectivity index (χ0n) is 12.7. The van der Waals surface area contributed by atoms with Crippen LogP contribution in [0.25, 0.3) is 0 Å². The molecule has 0 unspecified atom stereocenters. The van der Waals surface area contributed by atoms with E-state index in [1.165, 1.54) is 6.42 Å². The van der Waals surface area contributed by atoms with Gasteiger partial charge in [-0.25, -0.2) is 4.79 Å². The van der Waals surface area contributed by atoms with E-state index in [1.807, 2.05) is 6.92 Å². The number of urea groups is 1. The molecule has 116 valence electrons. The Balaban J connectivity index is 1.88. The summed E-state index contributed by atoms with van der Waals surface area (Å²) in [5, 5.41) is 15.5. The van der Waals surface area contributed by atoms with Crippen molar-refractivity contribution in [2.45, 2.75) is 69.6 Å². The Morgan fingerprint density at radius 1 is 1.25 bits per heavy atom. The largest absolute Gasteiger partial charge is 0.394 e. The zero-order valence-corrected chi connectivity index (χ0v) is 12.7. The van der Waals surface area contributed by atoms with Gasteiger partial charge in [0.1, 0.15) is 0 Å². The van der Waals surface area contributed by atoms with Gasteiger partial charge in [-0.2, -0.15) is 0 Å². The summed E-state index contributed by atoms with van der Waals surface area (Å²) in [6, 6.07) is -0.105. The lowest BCUT2D eigenvalue weighted by atomic mass is 9.97. The molecule has 0 heterocycles. The van der Waals surface area contributed by atoms with Gasteiger partial charge in [-0.15, -0.1) is 0 Å². The van der Waals surface area contributed by atoms with E-state index >= 15 is 0 Å². The molecule has 0 spiro atoms. The molecule has 0 bridgehead atoms. The molecule has 5 heteroatoms. The number of aliphatic hydroxyl groups is 1. The van der Waals surface area contributed by atoms with Crippen molar-refractivity contribution >= 4 is 6.03 Å². The Labute approximate surface area is 121 Å². The normalized spacial score (nSPS) is 30.1. The number of carbonyl (C=O) groups excluding carboxylic acids is 1. The van der Waals surface area contributed by atoms with Crippen molar-refractivity contribution in [2.24, 2.45) is 5.92 Å². The molecule has 2 amide bonds. The van der Waals surface area contributed by atoms with Gasteiger partial charge in [0.05, 0.1) is 24.3 Å². The highest BCUT2D eigenvalue weighted by Crippen LogP contribution is 2.39. The van der Waals surface area contributed by atoms with Gasteiger partial charge in [0, 0.05) is 7.11 Å². The molecule has 0 saturated heterocycles. The number of methoxy groups -OCH3 is 1. The number of carbonyl (C=O) groups is 1. The first-order valence-corrected chi connectivity index (χ1v) is 7.81. The van der Waals surface area contributed by atoms with Crippen molar-refractivity contribution in [3.8, 4) is 0 Å². The minimum absolute atomic E-state index is 0.0105. The topological polar surface area (TPSA) is 70.6 Å². The molecule has 5 nitrogen and oxygen atoms in total. The van der Waals surface area contributed by atoms with Gasteiger partial charge in [0.2, 0.25) is 0 Å². The van der Waals surface area contributed by atoms with Crippen LogP contribution in [0.1, 0.15) is 51.9 Å². The van der Waals surface area contributed by atoms with Crippen molar-refractivity contribution in [3.63, 3.8) is 0 Å². The van der Waals surface area contributed by atoms with Gasteiger partial charge in [-0.05, 0) is 38.5 Å². The predicted molar refractivity (Wildman–Crippen MR) is 77.6 cm³/mol. The number of hydrogen-bond donors (Lipinski definition) is 3. The molecule has 2 saturated carbocycles. The zero-order chi connectivity index (χ0) is 14.6. The lowest BCUT2D eigenvalue weighted by Crippen LogP contribution is -2.57. The number of amides is 2. The van der Waals surface area contributed by atoms with Crippen LogP contribution in [0.4, 0.5) is 4.79 Å². The third-order valence-corrected chi connectivity index (χ3v) is 4.78. The second kappa shape index (κ2) is 6.76. The molecule has 20 heavy (non-hydrogen) atoms. The van der Waals surface area contributed by atoms with Crippen LogP contribution >= 0.6 is 0 Å². The maximum atomic E-state index is 12.2. The van der Waals surface area contributed by atoms with Gasteiger partial charge in [-0.3, -0.25) is 0 Å². The van der Waals surface area contributed by atoms with Crippen LogP contribution in [0.2, 0.25) is 0 Å². The van der Waals surface area contributed by atoms with Crippen LogP contribution in [0.5, 0.6) is 0 Å². The summed E-state index contributed by atoms with van der Waals surface area (Å²) in [6.07, 6.45) is 7.73. The van der Waals surface area contributed by atoms with Crippen LogP contribution in [0, 0.1) is 5.92 Å². The fourth-order valence-electron chi connectivity index (χ4n) is 3.18. The smallest absolute Gasteiger partial charge is 0.315 e. The number of hydrogen-bond acceptors (Lipinski definition) is 3. The summed E-state index contributed by atoms with van der Waals surface area (Å²) in [7, 11) is 1.71. The van der Waals surface area contributed by atoms with Gasteiger partial charge >= 0.3 is 6.03 Å². The standard InChI is InChI=1S/C15H28N2O3/c1-15(10-18,11-8-9-11)17-14(19)16-12-6-4-3-5-7-13(12)20-2/h11-13,18H,3-10H2,1-2H3,(H2,16,17,19)/t12-,13-,15+/m1/s1. The van der Waals surface area contributed by atoms with E-state index in [4.69, 9.17) is 4.74 Å². The van der Waals surface area contributed by atoms with E-state index in [0.717, 1.165) is 38.5 Å². The predicted octanol–water partition coefficient (Wildman–Crippen LogP) is 1.79. The number of ether oxygens (including phenoxy) is 1. The van der Waals surface area contributed by atoms with Crippen molar-refractivity contribution in [1.29, 1.82) is 0 Å². The van der Waals surface area contributed by atoms with Crippen LogP contribution in [0.15, 0.2) is 0 Å². The first-order valence-electron chi connectivity index (χ1n) is 7.81. The van der Waals surface area contributed by atoms with E-state index in [-0.39, 0.29) is 24.8 Å². The molecular weight excluding hydrogens is 256 g/mol. The average molecular weight is 284 g/mol. The van der Waals surface area contributed by atoms with E-state index in [9.17, 15) is 9.90 Å². The van der Waals surface area contributed by atoms with Crippen molar-refractivity contribution in [3.05, 3.63) is 0 Å². The molecule has 2 fully saturated rings. The highest BCUT2D eigenvalue weighted by Gasteiger charge is 2.42. The lowest BCUT2D eigenvalue weighted by molar-refractivity contribution is 0.0647. The van der Waals surface area contributed by atoms with Crippen LogP contribution in [-0.2, 0) is 4.74 Å². The average Bonchev–Trinajstić information content (AvgIpc) is 3.26. The highest BCUT2D eigenvalue weighted by molar-refractivity contribution is 5.75. The van der Waals surface area contributed by atoms with E-state index in [0.29, 0.717) is 5.92 Å². The second-order valence-corrected chi connectivity index (χ2v) is 6.47. The van der Waals surface area contributed by atoms with Crippen molar-refractivity contribution in [1.82, 2.24) is 10.6 Å². The molecule has 0 aromatic carbocycles. The van der Waals surface area contributed by atoms with Crippen LogP contribution < -0.4 is 10.6 Å².